The second kappa shape index (κ2) is 5.13. The van der Waals surface area contributed by atoms with E-state index in [4.69, 9.17) is 0 Å². The van der Waals surface area contributed by atoms with Crippen molar-refractivity contribution in [2.75, 3.05) is 13.1 Å². The van der Waals surface area contributed by atoms with Gasteiger partial charge >= 0.3 is 0 Å². The Morgan fingerprint density at radius 3 is 2.78 bits per heavy atom. The van der Waals surface area contributed by atoms with Crippen LogP contribution in [0.3, 0.4) is 0 Å². The van der Waals surface area contributed by atoms with Crippen LogP contribution in [0, 0.1) is 5.41 Å². The molecule has 1 aliphatic heterocycles. The highest BCUT2D eigenvalue weighted by Crippen LogP contribution is 2.27. The molecule has 0 saturated carbocycles. The highest BCUT2D eigenvalue weighted by atomic mass is 79.9. The second-order valence-corrected chi connectivity index (χ2v) is 7.80. The van der Waals surface area contributed by atoms with Crippen LogP contribution in [0.5, 0.6) is 0 Å². The molecule has 1 amide bonds. The number of likely N-dealkylation sites (tertiary alicyclic amines) is 1. The van der Waals surface area contributed by atoms with E-state index in [-0.39, 0.29) is 11.7 Å². The van der Waals surface area contributed by atoms with Crippen LogP contribution in [-0.2, 0) is 16.0 Å². The summed E-state index contributed by atoms with van der Waals surface area (Å²) in [7, 11) is 0. The lowest BCUT2D eigenvalue weighted by Crippen LogP contribution is -2.49. The van der Waals surface area contributed by atoms with E-state index < -0.39 is 5.41 Å². The molecule has 0 bridgehead atoms. The van der Waals surface area contributed by atoms with Gasteiger partial charge in [0, 0.05) is 29.8 Å². The molecule has 98 valence electrons. The van der Waals surface area contributed by atoms with E-state index in [1.807, 2.05) is 30.9 Å². The second-order valence-electron chi connectivity index (χ2n) is 5.25. The maximum Gasteiger partial charge on any atom is 0.227 e. The van der Waals surface area contributed by atoms with Gasteiger partial charge in [0.05, 0.1) is 10.2 Å². The number of rotatable bonds is 2. The fourth-order valence-corrected chi connectivity index (χ4v) is 3.61. The SMILES string of the molecule is CC1(C)CN(C(=O)Cc2ccc(Br)s2)CCC1=O. The summed E-state index contributed by atoms with van der Waals surface area (Å²) < 4.78 is 1.04. The quantitative estimate of drug-likeness (QED) is 0.836. The maximum absolute atomic E-state index is 12.2. The third kappa shape index (κ3) is 3.01. The molecule has 0 spiro atoms. The Hall–Kier alpha value is -0.680. The zero-order valence-electron chi connectivity index (χ0n) is 10.5. The van der Waals surface area contributed by atoms with E-state index in [9.17, 15) is 9.59 Å². The Balaban J connectivity index is 2.00. The van der Waals surface area contributed by atoms with Gasteiger partial charge in [-0.05, 0) is 28.1 Å². The fourth-order valence-electron chi connectivity index (χ4n) is 2.14. The molecular formula is C13H16BrNO2S. The van der Waals surface area contributed by atoms with Crippen molar-refractivity contribution in [1.82, 2.24) is 4.90 Å². The molecule has 0 aliphatic carbocycles. The van der Waals surface area contributed by atoms with Crippen LogP contribution in [0.4, 0.5) is 0 Å². The van der Waals surface area contributed by atoms with Crippen LogP contribution in [0.1, 0.15) is 25.1 Å². The molecule has 0 unspecified atom stereocenters. The molecule has 0 aromatic carbocycles. The van der Waals surface area contributed by atoms with Crippen LogP contribution >= 0.6 is 27.3 Å². The number of amides is 1. The molecule has 2 rings (SSSR count). The first-order valence-electron chi connectivity index (χ1n) is 5.94. The van der Waals surface area contributed by atoms with Gasteiger partial charge in [0.1, 0.15) is 5.78 Å². The predicted molar refractivity (Wildman–Crippen MR) is 75.7 cm³/mol. The van der Waals surface area contributed by atoms with Gasteiger partial charge < -0.3 is 4.90 Å². The van der Waals surface area contributed by atoms with E-state index in [2.05, 4.69) is 15.9 Å². The maximum atomic E-state index is 12.2. The first-order valence-corrected chi connectivity index (χ1v) is 7.55. The van der Waals surface area contributed by atoms with Gasteiger partial charge in [-0.1, -0.05) is 13.8 Å². The molecule has 1 aromatic heterocycles. The van der Waals surface area contributed by atoms with Gasteiger partial charge in [-0.2, -0.15) is 0 Å². The van der Waals surface area contributed by atoms with E-state index in [1.165, 1.54) is 0 Å². The van der Waals surface area contributed by atoms with E-state index in [1.54, 1.807) is 11.3 Å². The van der Waals surface area contributed by atoms with E-state index >= 15 is 0 Å². The number of hydrogen-bond acceptors (Lipinski definition) is 3. The monoisotopic (exact) mass is 329 g/mol. The van der Waals surface area contributed by atoms with Crippen molar-refractivity contribution in [3.63, 3.8) is 0 Å². The lowest BCUT2D eigenvalue weighted by molar-refractivity contribution is -0.140. The summed E-state index contributed by atoms with van der Waals surface area (Å²) in [6.07, 6.45) is 0.910. The average Bonchev–Trinajstić information content (AvgIpc) is 2.68. The summed E-state index contributed by atoms with van der Waals surface area (Å²) in [6, 6.07) is 3.92. The number of ketones is 1. The van der Waals surface area contributed by atoms with Crippen LogP contribution < -0.4 is 0 Å². The van der Waals surface area contributed by atoms with Crippen molar-refractivity contribution < 1.29 is 9.59 Å². The predicted octanol–water partition coefficient (Wildman–Crippen LogP) is 2.88. The largest absolute Gasteiger partial charge is 0.341 e. The lowest BCUT2D eigenvalue weighted by Gasteiger charge is -2.36. The zero-order valence-corrected chi connectivity index (χ0v) is 12.9. The fraction of sp³-hybridized carbons (Fsp3) is 0.538. The number of halogens is 1. The Bertz CT molecular complexity index is 481. The molecule has 1 saturated heterocycles. The molecule has 1 aromatic rings. The standard InChI is InChI=1S/C13H16BrNO2S/c1-13(2)8-15(6-5-10(13)16)12(17)7-9-3-4-11(14)18-9/h3-4H,5-8H2,1-2H3. The van der Waals surface area contributed by atoms with Crippen LogP contribution in [-0.4, -0.2) is 29.7 Å². The molecular weight excluding hydrogens is 314 g/mol. The Labute approximate surface area is 119 Å². The van der Waals surface area contributed by atoms with Crippen molar-refractivity contribution in [3.05, 3.63) is 20.8 Å². The lowest BCUT2D eigenvalue weighted by atomic mass is 9.82. The van der Waals surface area contributed by atoms with Gasteiger partial charge in [0.25, 0.3) is 0 Å². The minimum absolute atomic E-state index is 0.116. The van der Waals surface area contributed by atoms with Gasteiger partial charge in [-0.25, -0.2) is 0 Å². The van der Waals surface area contributed by atoms with Crippen molar-refractivity contribution >= 4 is 39.0 Å². The molecule has 0 atom stereocenters. The van der Waals surface area contributed by atoms with Gasteiger partial charge in [-0.3, -0.25) is 9.59 Å². The van der Waals surface area contributed by atoms with Crippen molar-refractivity contribution in [2.45, 2.75) is 26.7 Å². The minimum atomic E-state index is -0.399. The normalized spacial score (nSPS) is 19.1. The summed E-state index contributed by atoms with van der Waals surface area (Å²) in [6.45, 7) is 4.93. The number of hydrogen-bond donors (Lipinski definition) is 0. The average molecular weight is 330 g/mol. The van der Waals surface area contributed by atoms with E-state index in [0.29, 0.717) is 25.9 Å². The third-order valence-corrected chi connectivity index (χ3v) is 4.88. The molecule has 0 N–H and O–H groups in total. The van der Waals surface area contributed by atoms with Gasteiger partial charge in [-0.15, -0.1) is 11.3 Å². The van der Waals surface area contributed by atoms with Crippen LogP contribution in [0.2, 0.25) is 0 Å². The summed E-state index contributed by atoms with van der Waals surface area (Å²) in [4.78, 5) is 26.8. The Kier molecular flexibility index (Phi) is 3.92. The molecule has 0 radical (unpaired) electrons. The van der Waals surface area contributed by atoms with Crippen molar-refractivity contribution in [2.24, 2.45) is 5.41 Å². The molecule has 18 heavy (non-hydrogen) atoms. The summed E-state index contributed by atoms with van der Waals surface area (Å²) >= 11 is 4.98. The first-order chi connectivity index (χ1) is 8.38. The number of carbonyl (C=O) groups excluding carboxylic acids is 2. The van der Waals surface area contributed by atoms with Crippen molar-refractivity contribution in [3.8, 4) is 0 Å². The van der Waals surface area contributed by atoms with E-state index in [0.717, 1.165) is 8.66 Å². The molecule has 2 heterocycles. The Morgan fingerprint density at radius 2 is 2.22 bits per heavy atom. The number of carbonyl (C=O) groups is 2. The smallest absolute Gasteiger partial charge is 0.227 e. The highest BCUT2D eigenvalue weighted by molar-refractivity contribution is 9.11. The summed E-state index contributed by atoms with van der Waals surface area (Å²) in [5, 5.41) is 0. The number of Topliss-reactive ketones (excluding diaryl/α,β-unsaturated/α-hetero) is 1. The highest BCUT2D eigenvalue weighted by Gasteiger charge is 2.35. The van der Waals surface area contributed by atoms with Gasteiger partial charge in [0.15, 0.2) is 0 Å². The number of thiophene rings is 1. The first kappa shape index (κ1) is 13.7. The van der Waals surface area contributed by atoms with Crippen LogP contribution in [0.15, 0.2) is 15.9 Å². The molecule has 1 fully saturated rings. The van der Waals surface area contributed by atoms with Crippen LogP contribution in [0.25, 0.3) is 0 Å². The van der Waals surface area contributed by atoms with Gasteiger partial charge in [0.2, 0.25) is 5.91 Å². The third-order valence-electron chi connectivity index (χ3n) is 3.26. The molecule has 3 nitrogen and oxygen atoms in total. The number of piperidine rings is 1. The zero-order chi connectivity index (χ0) is 13.3. The molecule has 1 aliphatic rings. The van der Waals surface area contributed by atoms with Crippen molar-refractivity contribution in [1.29, 1.82) is 0 Å². The summed E-state index contributed by atoms with van der Waals surface area (Å²) in [5.41, 5.74) is -0.399. The minimum Gasteiger partial charge on any atom is -0.341 e. The number of nitrogens with zero attached hydrogens (tertiary/aromatic N) is 1. The summed E-state index contributed by atoms with van der Waals surface area (Å²) in [5.74, 6) is 0.371. The molecule has 5 heteroatoms. The Morgan fingerprint density at radius 1 is 1.50 bits per heavy atom. The topological polar surface area (TPSA) is 37.4 Å².